The van der Waals surface area contributed by atoms with Crippen molar-refractivity contribution in [1.82, 2.24) is 10.2 Å². The second kappa shape index (κ2) is 6.14. The van der Waals surface area contributed by atoms with E-state index in [0.717, 1.165) is 37.3 Å². The molecule has 1 aromatic rings. The fraction of sp³-hybridized carbons (Fsp3) is 0.588. The zero-order valence-corrected chi connectivity index (χ0v) is 12.5. The molecule has 3 rings (SSSR count). The molecule has 4 heteroatoms. The average Bonchev–Trinajstić information content (AvgIpc) is 3.25. The quantitative estimate of drug-likeness (QED) is 0.872. The van der Waals surface area contributed by atoms with E-state index in [4.69, 9.17) is 0 Å². The van der Waals surface area contributed by atoms with Crippen molar-refractivity contribution in [2.45, 2.75) is 51.2 Å². The minimum Gasteiger partial charge on any atom is -0.322 e. The third kappa shape index (κ3) is 3.26. The second-order valence-corrected chi connectivity index (χ2v) is 6.23. The Balaban J connectivity index is 1.76. The van der Waals surface area contributed by atoms with Gasteiger partial charge in [-0.2, -0.15) is 0 Å². The Bertz CT molecular complexity index is 498. The minimum absolute atomic E-state index is 0.0933. The summed E-state index contributed by atoms with van der Waals surface area (Å²) >= 11 is 0. The molecule has 0 radical (unpaired) electrons. The summed E-state index contributed by atoms with van der Waals surface area (Å²) in [6, 6.07) is 6.39. The maximum absolute atomic E-state index is 13.1. The van der Waals surface area contributed by atoms with Gasteiger partial charge in [-0.05, 0) is 36.5 Å². The number of nitrogens with zero attached hydrogens (tertiary/aromatic N) is 1. The first-order valence-electron chi connectivity index (χ1n) is 8.01. The van der Waals surface area contributed by atoms with Gasteiger partial charge in [0.2, 0.25) is 5.91 Å². The van der Waals surface area contributed by atoms with E-state index in [9.17, 15) is 9.18 Å². The Morgan fingerprint density at radius 1 is 1.24 bits per heavy atom. The molecule has 114 valence electrons. The first kappa shape index (κ1) is 14.5. The van der Waals surface area contributed by atoms with Crippen molar-refractivity contribution < 1.29 is 9.18 Å². The van der Waals surface area contributed by atoms with Crippen LogP contribution in [0.25, 0.3) is 0 Å². The van der Waals surface area contributed by atoms with E-state index in [1.807, 2.05) is 4.90 Å². The highest BCUT2D eigenvalue weighted by Gasteiger charge is 2.39. The summed E-state index contributed by atoms with van der Waals surface area (Å²) in [7, 11) is 0. The van der Waals surface area contributed by atoms with Gasteiger partial charge in [0.05, 0.1) is 6.04 Å². The second-order valence-electron chi connectivity index (χ2n) is 6.23. The lowest BCUT2D eigenvalue weighted by Gasteiger charge is -2.24. The van der Waals surface area contributed by atoms with Crippen molar-refractivity contribution in [2.24, 2.45) is 5.92 Å². The maximum atomic E-state index is 13.1. The molecule has 0 aromatic heterocycles. The zero-order chi connectivity index (χ0) is 14.8. The van der Waals surface area contributed by atoms with Crippen LogP contribution in [-0.2, 0) is 4.79 Å². The first-order valence-corrected chi connectivity index (χ1v) is 8.01. The van der Waals surface area contributed by atoms with Gasteiger partial charge < -0.3 is 4.90 Å². The van der Waals surface area contributed by atoms with Crippen LogP contribution in [0.15, 0.2) is 24.3 Å². The van der Waals surface area contributed by atoms with E-state index < -0.39 is 0 Å². The lowest BCUT2D eigenvalue weighted by molar-refractivity contribution is -0.130. The van der Waals surface area contributed by atoms with Crippen molar-refractivity contribution in [2.75, 3.05) is 6.54 Å². The lowest BCUT2D eigenvalue weighted by Crippen LogP contribution is -2.32. The molecule has 2 atom stereocenters. The Labute approximate surface area is 125 Å². The van der Waals surface area contributed by atoms with E-state index in [-0.39, 0.29) is 23.9 Å². The van der Waals surface area contributed by atoms with Crippen molar-refractivity contribution in [3.8, 4) is 0 Å². The fourth-order valence-corrected chi connectivity index (χ4v) is 3.06. The summed E-state index contributed by atoms with van der Waals surface area (Å²) in [5.74, 6) is 0.765. The van der Waals surface area contributed by atoms with Gasteiger partial charge in [0, 0.05) is 6.54 Å². The molecular formula is C17H23FN2O. The molecule has 1 aromatic carbocycles. The van der Waals surface area contributed by atoms with Crippen LogP contribution >= 0.6 is 0 Å². The normalized spacial score (nSPS) is 25.6. The summed E-state index contributed by atoms with van der Waals surface area (Å²) in [6.45, 7) is 2.90. The molecule has 0 bridgehead atoms. The maximum Gasteiger partial charge on any atom is 0.241 e. The molecule has 2 fully saturated rings. The molecule has 3 nitrogen and oxygen atoms in total. The number of hydrogen-bond acceptors (Lipinski definition) is 2. The number of amides is 1. The molecule has 1 amide bonds. The molecule has 21 heavy (non-hydrogen) atoms. The van der Waals surface area contributed by atoms with Crippen molar-refractivity contribution >= 4 is 5.91 Å². The van der Waals surface area contributed by atoms with Crippen LogP contribution in [0.3, 0.4) is 0 Å². The highest BCUT2D eigenvalue weighted by Crippen LogP contribution is 2.34. The van der Waals surface area contributed by atoms with Gasteiger partial charge in [-0.1, -0.05) is 38.3 Å². The van der Waals surface area contributed by atoms with Crippen LogP contribution < -0.4 is 5.32 Å². The molecule has 1 N–H and O–H groups in total. The molecular weight excluding hydrogens is 267 g/mol. The standard InChI is InChI=1S/C17H23FN2O/c1-2-3-15-17(21)20(11-10-12-4-5-12)16(19-15)13-6-8-14(18)9-7-13/h6-9,12,15-16,19H,2-5,10-11H2,1H3. The smallest absolute Gasteiger partial charge is 0.241 e. The molecule has 1 heterocycles. The zero-order valence-electron chi connectivity index (χ0n) is 12.5. The number of hydrogen-bond donors (Lipinski definition) is 1. The third-order valence-corrected chi connectivity index (χ3v) is 4.49. The van der Waals surface area contributed by atoms with Crippen LogP contribution in [-0.4, -0.2) is 23.4 Å². The number of halogens is 1. The van der Waals surface area contributed by atoms with Crippen LogP contribution in [0.1, 0.15) is 50.8 Å². The van der Waals surface area contributed by atoms with Crippen molar-refractivity contribution in [3.05, 3.63) is 35.6 Å². The molecule has 1 aliphatic carbocycles. The highest BCUT2D eigenvalue weighted by atomic mass is 19.1. The lowest BCUT2D eigenvalue weighted by atomic mass is 10.1. The summed E-state index contributed by atoms with van der Waals surface area (Å²) in [5, 5.41) is 3.43. The SMILES string of the molecule is CCCC1NC(c2ccc(F)cc2)N(CCC2CC2)C1=O. The number of rotatable bonds is 6. The van der Waals surface area contributed by atoms with Gasteiger partial charge in [-0.3, -0.25) is 10.1 Å². The predicted molar refractivity (Wildman–Crippen MR) is 80.0 cm³/mol. The summed E-state index contributed by atoms with van der Waals surface area (Å²) in [5.41, 5.74) is 0.971. The number of carbonyl (C=O) groups excluding carboxylic acids is 1. The summed E-state index contributed by atoms with van der Waals surface area (Å²) < 4.78 is 13.1. The molecule has 1 saturated carbocycles. The first-order chi connectivity index (χ1) is 10.2. The third-order valence-electron chi connectivity index (χ3n) is 4.49. The summed E-state index contributed by atoms with van der Waals surface area (Å²) in [6.07, 6.45) is 5.42. The largest absolute Gasteiger partial charge is 0.322 e. The highest BCUT2D eigenvalue weighted by molar-refractivity contribution is 5.84. The molecule has 2 unspecified atom stereocenters. The molecule has 1 aliphatic heterocycles. The molecule has 2 aliphatic rings. The van der Waals surface area contributed by atoms with Crippen molar-refractivity contribution in [1.29, 1.82) is 0 Å². The van der Waals surface area contributed by atoms with Gasteiger partial charge in [-0.25, -0.2) is 4.39 Å². The van der Waals surface area contributed by atoms with E-state index >= 15 is 0 Å². The van der Waals surface area contributed by atoms with Crippen LogP contribution in [0, 0.1) is 11.7 Å². The molecule has 1 saturated heterocycles. The predicted octanol–water partition coefficient (Wildman–Crippen LogP) is 3.22. The van der Waals surface area contributed by atoms with Crippen LogP contribution in [0.2, 0.25) is 0 Å². The van der Waals surface area contributed by atoms with Crippen LogP contribution in [0.5, 0.6) is 0 Å². The van der Waals surface area contributed by atoms with Gasteiger partial charge in [0.1, 0.15) is 12.0 Å². The Kier molecular flexibility index (Phi) is 4.24. The fourth-order valence-electron chi connectivity index (χ4n) is 3.06. The monoisotopic (exact) mass is 290 g/mol. The number of benzene rings is 1. The van der Waals surface area contributed by atoms with E-state index in [2.05, 4.69) is 12.2 Å². The Hall–Kier alpha value is -1.42. The van der Waals surface area contributed by atoms with E-state index in [1.54, 1.807) is 12.1 Å². The van der Waals surface area contributed by atoms with Crippen LogP contribution in [0.4, 0.5) is 4.39 Å². The van der Waals surface area contributed by atoms with Gasteiger partial charge in [0.15, 0.2) is 0 Å². The average molecular weight is 290 g/mol. The van der Waals surface area contributed by atoms with Gasteiger partial charge >= 0.3 is 0 Å². The van der Waals surface area contributed by atoms with Gasteiger partial charge in [-0.15, -0.1) is 0 Å². The Morgan fingerprint density at radius 2 is 1.95 bits per heavy atom. The number of carbonyl (C=O) groups is 1. The van der Waals surface area contributed by atoms with Gasteiger partial charge in [0.25, 0.3) is 0 Å². The van der Waals surface area contributed by atoms with E-state index in [1.165, 1.54) is 25.0 Å². The summed E-state index contributed by atoms with van der Waals surface area (Å²) in [4.78, 5) is 14.5. The number of nitrogens with one attached hydrogen (secondary N) is 1. The topological polar surface area (TPSA) is 32.3 Å². The molecule has 0 spiro atoms. The van der Waals surface area contributed by atoms with E-state index in [0.29, 0.717) is 0 Å². The minimum atomic E-state index is -0.238. The Morgan fingerprint density at radius 3 is 2.57 bits per heavy atom. The van der Waals surface area contributed by atoms with Crippen molar-refractivity contribution in [3.63, 3.8) is 0 Å².